The Morgan fingerprint density at radius 1 is 1.50 bits per heavy atom. The van der Waals surface area contributed by atoms with Gasteiger partial charge >= 0.3 is 0 Å². The highest BCUT2D eigenvalue weighted by Crippen LogP contribution is 2.55. The Morgan fingerprint density at radius 2 is 2.17 bits per heavy atom. The fourth-order valence-electron chi connectivity index (χ4n) is 2.55. The smallest absolute Gasteiger partial charge is 0.0636 e. The lowest BCUT2D eigenvalue weighted by Crippen LogP contribution is -2.53. The number of hydrogen-bond acceptors (Lipinski definition) is 2. The fraction of sp³-hybridized carbons (Fsp3) is 1.00. The van der Waals surface area contributed by atoms with Crippen LogP contribution in [0.3, 0.4) is 0 Å². The molecule has 0 saturated heterocycles. The molecule has 0 radical (unpaired) electrons. The number of hydrogen-bond donors (Lipinski definition) is 2. The van der Waals surface area contributed by atoms with Gasteiger partial charge in [-0.25, -0.2) is 0 Å². The summed E-state index contributed by atoms with van der Waals surface area (Å²) in [5, 5.41) is 12.5. The second kappa shape index (κ2) is 3.00. The molecular formula is C10H19NO. The lowest BCUT2D eigenvalue weighted by atomic mass is 9.54. The van der Waals surface area contributed by atoms with Crippen molar-refractivity contribution < 1.29 is 5.11 Å². The van der Waals surface area contributed by atoms with Gasteiger partial charge in [-0.1, -0.05) is 6.42 Å². The van der Waals surface area contributed by atoms with Crippen LogP contribution < -0.4 is 5.32 Å². The van der Waals surface area contributed by atoms with Gasteiger partial charge in [0.05, 0.1) is 6.10 Å². The first-order valence-corrected chi connectivity index (χ1v) is 5.12. The van der Waals surface area contributed by atoms with Gasteiger partial charge in [-0.2, -0.15) is 0 Å². The first kappa shape index (κ1) is 8.52. The minimum atomic E-state index is -0.192. The van der Waals surface area contributed by atoms with E-state index in [1.54, 1.807) is 0 Å². The van der Waals surface area contributed by atoms with Gasteiger partial charge in [0, 0.05) is 12.6 Å². The summed E-state index contributed by atoms with van der Waals surface area (Å²) in [6, 6.07) is 0.708. The second-order valence-corrected chi connectivity index (χ2v) is 4.72. The van der Waals surface area contributed by atoms with E-state index in [-0.39, 0.29) is 6.10 Å². The number of nitrogens with one attached hydrogen (secondary N) is 1. The summed E-state index contributed by atoms with van der Waals surface area (Å²) in [7, 11) is 0. The van der Waals surface area contributed by atoms with Crippen molar-refractivity contribution in [3.8, 4) is 0 Å². The second-order valence-electron chi connectivity index (χ2n) is 4.72. The molecule has 2 aliphatic rings. The fourth-order valence-corrected chi connectivity index (χ4v) is 2.55. The van der Waals surface area contributed by atoms with E-state index in [4.69, 9.17) is 5.11 Å². The molecule has 2 N–H and O–H groups in total. The molecule has 0 aromatic heterocycles. The third kappa shape index (κ3) is 1.50. The highest BCUT2D eigenvalue weighted by atomic mass is 16.3. The van der Waals surface area contributed by atoms with E-state index in [0.29, 0.717) is 6.04 Å². The predicted molar refractivity (Wildman–Crippen MR) is 49.0 cm³/mol. The summed E-state index contributed by atoms with van der Waals surface area (Å²) >= 11 is 0. The molecule has 70 valence electrons. The standard InChI is InChI=1S/C10H19NO/c1-8(12)7-11-9-5-10(6-9)3-2-4-10/h8-9,11-12H,2-7H2,1H3. The molecule has 1 atom stereocenters. The third-order valence-electron chi connectivity index (χ3n) is 3.47. The lowest BCUT2D eigenvalue weighted by molar-refractivity contribution is -0.00547. The van der Waals surface area contributed by atoms with E-state index in [2.05, 4.69) is 5.32 Å². The maximum atomic E-state index is 9.06. The average molecular weight is 169 g/mol. The van der Waals surface area contributed by atoms with Crippen LogP contribution in [-0.2, 0) is 0 Å². The van der Waals surface area contributed by atoms with Crippen LogP contribution in [0, 0.1) is 5.41 Å². The van der Waals surface area contributed by atoms with Gasteiger partial charge in [0.25, 0.3) is 0 Å². The molecule has 1 unspecified atom stereocenters. The Bertz CT molecular complexity index is 155. The summed E-state index contributed by atoms with van der Waals surface area (Å²) in [4.78, 5) is 0. The van der Waals surface area contributed by atoms with Crippen LogP contribution in [0.15, 0.2) is 0 Å². The highest BCUT2D eigenvalue weighted by Gasteiger charge is 2.47. The quantitative estimate of drug-likeness (QED) is 0.667. The highest BCUT2D eigenvalue weighted by molar-refractivity contribution is 5.02. The van der Waals surface area contributed by atoms with Crippen molar-refractivity contribution in [3.05, 3.63) is 0 Å². The molecule has 2 nitrogen and oxygen atoms in total. The van der Waals surface area contributed by atoms with E-state index in [0.717, 1.165) is 12.0 Å². The zero-order valence-corrected chi connectivity index (χ0v) is 7.84. The van der Waals surface area contributed by atoms with Crippen LogP contribution in [0.25, 0.3) is 0 Å². The number of aliphatic hydroxyl groups is 1. The zero-order valence-electron chi connectivity index (χ0n) is 7.84. The van der Waals surface area contributed by atoms with Gasteiger partial charge in [0.15, 0.2) is 0 Å². The third-order valence-corrected chi connectivity index (χ3v) is 3.47. The molecule has 0 heterocycles. The summed E-state index contributed by atoms with van der Waals surface area (Å²) in [6.07, 6.45) is 6.89. The summed E-state index contributed by atoms with van der Waals surface area (Å²) in [6.45, 7) is 2.60. The molecule has 0 aliphatic heterocycles. The molecule has 2 rings (SSSR count). The van der Waals surface area contributed by atoms with Crippen LogP contribution >= 0.6 is 0 Å². The lowest BCUT2D eigenvalue weighted by Gasteiger charge is -2.54. The van der Waals surface area contributed by atoms with Crippen molar-refractivity contribution in [2.45, 2.75) is 51.2 Å². The van der Waals surface area contributed by atoms with Gasteiger partial charge < -0.3 is 10.4 Å². The molecule has 12 heavy (non-hydrogen) atoms. The van der Waals surface area contributed by atoms with Gasteiger partial charge in [0.2, 0.25) is 0 Å². The van der Waals surface area contributed by atoms with Crippen LogP contribution in [-0.4, -0.2) is 23.8 Å². The van der Waals surface area contributed by atoms with E-state index in [9.17, 15) is 0 Å². The molecule has 1 spiro atoms. The van der Waals surface area contributed by atoms with E-state index in [1.807, 2.05) is 6.92 Å². The van der Waals surface area contributed by atoms with Crippen LogP contribution in [0.5, 0.6) is 0 Å². The molecular weight excluding hydrogens is 150 g/mol. The normalized spacial score (nSPS) is 29.5. The molecule has 0 bridgehead atoms. The Morgan fingerprint density at radius 3 is 2.58 bits per heavy atom. The van der Waals surface area contributed by atoms with E-state index in [1.165, 1.54) is 32.1 Å². The average Bonchev–Trinajstić information content (AvgIpc) is 1.79. The van der Waals surface area contributed by atoms with Crippen molar-refractivity contribution in [1.82, 2.24) is 5.32 Å². The minimum Gasteiger partial charge on any atom is -0.392 e. The SMILES string of the molecule is CC(O)CNC1CC2(CCC2)C1. The van der Waals surface area contributed by atoms with Crippen molar-refractivity contribution in [2.24, 2.45) is 5.41 Å². The van der Waals surface area contributed by atoms with Gasteiger partial charge in [0.1, 0.15) is 0 Å². The van der Waals surface area contributed by atoms with Crippen molar-refractivity contribution in [2.75, 3.05) is 6.54 Å². The first-order valence-electron chi connectivity index (χ1n) is 5.12. The molecule has 0 aromatic rings. The molecule has 2 saturated carbocycles. The summed E-state index contributed by atoms with van der Waals surface area (Å²) in [5.41, 5.74) is 0.760. The van der Waals surface area contributed by atoms with Gasteiger partial charge in [-0.05, 0) is 38.0 Å². The molecule has 0 aromatic carbocycles. The minimum absolute atomic E-state index is 0.192. The zero-order chi connectivity index (χ0) is 8.60. The maximum absolute atomic E-state index is 9.06. The van der Waals surface area contributed by atoms with Crippen LogP contribution in [0.4, 0.5) is 0 Å². The van der Waals surface area contributed by atoms with Gasteiger partial charge in [-0.15, -0.1) is 0 Å². The number of rotatable bonds is 3. The Kier molecular flexibility index (Phi) is 2.13. The predicted octanol–water partition coefficient (Wildman–Crippen LogP) is 1.29. The Hall–Kier alpha value is -0.0800. The Labute approximate surface area is 74.4 Å². The van der Waals surface area contributed by atoms with Gasteiger partial charge in [-0.3, -0.25) is 0 Å². The summed E-state index contributed by atoms with van der Waals surface area (Å²) < 4.78 is 0. The summed E-state index contributed by atoms with van der Waals surface area (Å²) in [5.74, 6) is 0. The Balaban J connectivity index is 1.62. The maximum Gasteiger partial charge on any atom is 0.0636 e. The first-order chi connectivity index (χ1) is 5.70. The van der Waals surface area contributed by atoms with Crippen molar-refractivity contribution in [3.63, 3.8) is 0 Å². The van der Waals surface area contributed by atoms with Crippen molar-refractivity contribution >= 4 is 0 Å². The topological polar surface area (TPSA) is 32.3 Å². The molecule has 2 aliphatic carbocycles. The van der Waals surface area contributed by atoms with Crippen LogP contribution in [0.1, 0.15) is 39.0 Å². The monoisotopic (exact) mass is 169 g/mol. The van der Waals surface area contributed by atoms with E-state index >= 15 is 0 Å². The van der Waals surface area contributed by atoms with E-state index < -0.39 is 0 Å². The van der Waals surface area contributed by atoms with Crippen molar-refractivity contribution in [1.29, 1.82) is 0 Å². The largest absolute Gasteiger partial charge is 0.392 e. The number of aliphatic hydroxyl groups excluding tert-OH is 1. The molecule has 2 fully saturated rings. The van der Waals surface area contributed by atoms with Crippen LogP contribution in [0.2, 0.25) is 0 Å². The molecule has 2 heteroatoms. The molecule has 0 amide bonds.